The molecule has 0 spiro atoms. The minimum absolute atomic E-state index is 0.700. The first kappa shape index (κ1) is 29.0. The second kappa shape index (κ2) is 11.9. The van der Waals surface area contributed by atoms with Crippen LogP contribution in [0, 0.1) is 0 Å². The Balaban J connectivity index is 1.00. The smallest absolute Gasteiger partial charge is 0.160 e. The first-order chi connectivity index (χ1) is 25.2. The molecule has 0 bridgehead atoms. The summed E-state index contributed by atoms with van der Waals surface area (Å²) in [6.07, 6.45) is 1.81. The van der Waals surface area contributed by atoms with Gasteiger partial charge in [0, 0.05) is 28.3 Å². The molecule has 238 valence electrons. The van der Waals surface area contributed by atoms with Crippen LogP contribution < -0.4 is 4.74 Å². The first-order valence-electron chi connectivity index (χ1n) is 17.1. The van der Waals surface area contributed by atoms with E-state index in [1.54, 1.807) is 6.20 Å². The average molecular weight is 652 g/mol. The maximum atomic E-state index is 6.44. The quantitative estimate of drug-likeness (QED) is 0.186. The number of nitrogens with zero attached hydrogens (tertiary/aromatic N) is 3. The average Bonchev–Trinajstić information content (AvgIpc) is 3.21. The first-order valence-corrected chi connectivity index (χ1v) is 17.1. The minimum atomic E-state index is 0.700. The van der Waals surface area contributed by atoms with Gasteiger partial charge in [0.2, 0.25) is 0 Å². The second-order valence-electron chi connectivity index (χ2n) is 12.8. The van der Waals surface area contributed by atoms with Crippen molar-refractivity contribution >= 4 is 21.8 Å². The SMILES string of the molecule is c1ccc(-c2ccc(-c3nc(-c4cccc(-c5cccc(-c6ccc7c(c6)Oc6ccnc8cccc-7c68)c5)c4)nc4ccccc34)cc2)cc1. The lowest BCUT2D eigenvalue weighted by Gasteiger charge is -2.21. The van der Waals surface area contributed by atoms with Gasteiger partial charge in [0.25, 0.3) is 0 Å². The largest absolute Gasteiger partial charge is 0.456 e. The molecule has 1 aliphatic rings. The molecule has 4 nitrogen and oxygen atoms in total. The lowest BCUT2D eigenvalue weighted by Crippen LogP contribution is -1.98. The van der Waals surface area contributed by atoms with Gasteiger partial charge in [0.15, 0.2) is 5.82 Å². The summed E-state index contributed by atoms with van der Waals surface area (Å²) in [6, 6.07) is 59.2. The standard InChI is InChI=1S/C47H29N3O/c1-2-9-30(10-3-1)31-19-21-32(22-20-31)46-40-15-4-5-17-41(40)49-47(50-46)37-14-7-13-35(28-37)33-11-6-12-34(27-33)36-23-24-38-39-16-8-18-42-45(39)43(25-26-48-42)51-44(38)29-36/h1-29H. The monoisotopic (exact) mass is 651 g/mol. The van der Waals surface area contributed by atoms with Crippen molar-refractivity contribution in [1.29, 1.82) is 0 Å². The molecule has 9 aromatic rings. The van der Waals surface area contributed by atoms with Crippen molar-refractivity contribution in [2.75, 3.05) is 0 Å². The van der Waals surface area contributed by atoms with Crippen LogP contribution in [0.25, 0.3) is 89.0 Å². The topological polar surface area (TPSA) is 47.9 Å². The van der Waals surface area contributed by atoms with Gasteiger partial charge >= 0.3 is 0 Å². The third-order valence-corrected chi connectivity index (χ3v) is 9.74. The summed E-state index contributed by atoms with van der Waals surface area (Å²) in [4.78, 5) is 14.8. The van der Waals surface area contributed by atoms with E-state index in [0.29, 0.717) is 5.82 Å². The highest BCUT2D eigenvalue weighted by molar-refractivity contribution is 6.02. The fourth-order valence-electron chi connectivity index (χ4n) is 7.21. The Bertz CT molecular complexity index is 2770. The molecule has 0 aliphatic carbocycles. The van der Waals surface area contributed by atoms with Crippen molar-refractivity contribution in [1.82, 2.24) is 15.0 Å². The molecule has 4 heteroatoms. The van der Waals surface area contributed by atoms with Crippen molar-refractivity contribution in [2.24, 2.45) is 0 Å². The van der Waals surface area contributed by atoms with Gasteiger partial charge in [-0.25, -0.2) is 9.97 Å². The molecular weight excluding hydrogens is 623 g/mol. The third kappa shape index (κ3) is 5.13. The normalized spacial score (nSPS) is 11.7. The molecule has 0 N–H and O–H groups in total. The summed E-state index contributed by atoms with van der Waals surface area (Å²) < 4.78 is 6.44. The zero-order valence-electron chi connectivity index (χ0n) is 27.5. The Morgan fingerprint density at radius 2 is 0.980 bits per heavy atom. The van der Waals surface area contributed by atoms with E-state index >= 15 is 0 Å². The maximum Gasteiger partial charge on any atom is 0.160 e. The Morgan fingerprint density at radius 1 is 0.373 bits per heavy atom. The van der Waals surface area contributed by atoms with Gasteiger partial charge in [-0.15, -0.1) is 0 Å². The number of benzene rings is 7. The molecule has 1 aliphatic heterocycles. The van der Waals surface area contributed by atoms with E-state index in [1.165, 1.54) is 11.1 Å². The number of fused-ring (bicyclic) bond motifs is 3. The Kier molecular flexibility index (Phi) is 6.78. The van der Waals surface area contributed by atoms with E-state index in [1.807, 2.05) is 30.3 Å². The van der Waals surface area contributed by atoms with Crippen molar-refractivity contribution in [3.63, 3.8) is 0 Å². The molecule has 7 aromatic carbocycles. The van der Waals surface area contributed by atoms with Crippen molar-refractivity contribution in [3.8, 4) is 78.7 Å². The highest BCUT2D eigenvalue weighted by atomic mass is 16.5. The van der Waals surface area contributed by atoms with Gasteiger partial charge < -0.3 is 4.74 Å². The number of hydrogen-bond donors (Lipinski definition) is 0. The molecule has 0 unspecified atom stereocenters. The van der Waals surface area contributed by atoms with Crippen LogP contribution in [0.1, 0.15) is 0 Å². The Hall–Kier alpha value is -6.91. The summed E-state index contributed by atoms with van der Waals surface area (Å²) in [7, 11) is 0. The van der Waals surface area contributed by atoms with Gasteiger partial charge in [-0.05, 0) is 81.4 Å². The number of ether oxygens (including phenoxy) is 1. The van der Waals surface area contributed by atoms with Gasteiger partial charge in [-0.2, -0.15) is 0 Å². The van der Waals surface area contributed by atoms with Crippen LogP contribution in [0.15, 0.2) is 176 Å². The number of para-hydroxylation sites is 1. The molecule has 0 amide bonds. The lowest BCUT2D eigenvalue weighted by atomic mass is 9.93. The Labute approximate surface area is 295 Å². The summed E-state index contributed by atoms with van der Waals surface area (Å²) in [5.41, 5.74) is 13.8. The van der Waals surface area contributed by atoms with Crippen LogP contribution >= 0.6 is 0 Å². The Morgan fingerprint density at radius 3 is 1.80 bits per heavy atom. The molecule has 0 fully saturated rings. The number of aromatic nitrogens is 3. The number of rotatable bonds is 5. The van der Waals surface area contributed by atoms with Crippen LogP contribution in [0.5, 0.6) is 11.5 Å². The number of hydrogen-bond acceptors (Lipinski definition) is 4. The van der Waals surface area contributed by atoms with Gasteiger partial charge in [0.1, 0.15) is 11.5 Å². The van der Waals surface area contributed by atoms with Gasteiger partial charge in [-0.3, -0.25) is 4.98 Å². The van der Waals surface area contributed by atoms with E-state index < -0.39 is 0 Å². The molecule has 10 rings (SSSR count). The lowest BCUT2D eigenvalue weighted by molar-refractivity contribution is 0.487. The van der Waals surface area contributed by atoms with Crippen LogP contribution in [0.4, 0.5) is 0 Å². The van der Waals surface area contributed by atoms with Crippen LogP contribution in [-0.4, -0.2) is 15.0 Å². The summed E-state index contributed by atoms with van der Waals surface area (Å²) in [6.45, 7) is 0. The van der Waals surface area contributed by atoms with E-state index in [4.69, 9.17) is 14.7 Å². The van der Waals surface area contributed by atoms with E-state index in [2.05, 4.69) is 145 Å². The van der Waals surface area contributed by atoms with Crippen LogP contribution in [-0.2, 0) is 0 Å². The zero-order valence-corrected chi connectivity index (χ0v) is 27.5. The fourth-order valence-corrected chi connectivity index (χ4v) is 7.21. The van der Waals surface area contributed by atoms with E-state index in [-0.39, 0.29) is 0 Å². The highest BCUT2D eigenvalue weighted by Gasteiger charge is 2.21. The molecular formula is C47H29N3O. The predicted octanol–water partition coefficient (Wildman–Crippen LogP) is 12.3. The molecule has 0 saturated carbocycles. The molecule has 3 heterocycles. The van der Waals surface area contributed by atoms with Gasteiger partial charge in [0.05, 0.1) is 22.1 Å². The maximum absolute atomic E-state index is 6.44. The van der Waals surface area contributed by atoms with E-state index in [9.17, 15) is 0 Å². The molecule has 0 radical (unpaired) electrons. The molecule has 0 atom stereocenters. The van der Waals surface area contributed by atoms with Crippen molar-refractivity contribution in [2.45, 2.75) is 0 Å². The molecule has 51 heavy (non-hydrogen) atoms. The van der Waals surface area contributed by atoms with Gasteiger partial charge in [-0.1, -0.05) is 127 Å². The fraction of sp³-hybridized carbons (Fsp3) is 0. The number of pyridine rings is 1. The zero-order chi connectivity index (χ0) is 33.7. The van der Waals surface area contributed by atoms with Crippen LogP contribution in [0.2, 0.25) is 0 Å². The predicted molar refractivity (Wildman–Crippen MR) is 208 cm³/mol. The van der Waals surface area contributed by atoms with Crippen molar-refractivity contribution in [3.05, 3.63) is 176 Å². The minimum Gasteiger partial charge on any atom is -0.456 e. The summed E-state index contributed by atoms with van der Waals surface area (Å²) in [5, 5.41) is 2.09. The summed E-state index contributed by atoms with van der Waals surface area (Å²) >= 11 is 0. The second-order valence-corrected chi connectivity index (χ2v) is 12.8. The van der Waals surface area contributed by atoms with Crippen LogP contribution in [0.3, 0.4) is 0 Å². The van der Waals surface area contributed by atoms with E-state index in [0.717, 1.165) is 83.5 Å². The van der Waals surface area contributed by atoms with Crippen molar-refractivity contribution < 1.29 is 4.74 Å². The molecule has 2 aromatic heterocycles. The highest BCUT2D eigenvalue weighted by Crippen LogP contribution is 2.47. The summed E-state index contributed by atoms with van der Waals surface area (Å²) in [5.74, 6) is 2.39. The molecule has 0 saturated heterocycles. The third-order valence-electron chi connectivity index (χ3n) is 9.74.